The third kappa shape index (κ3) is 2.76. The van der Waals surface area contributed by atoms with Gasteiger partial charge in [-0.2, -0.15) is 0 Å². The van der Waals surface area contributed by atoms with Crippen molar-refractivity contribution < 1.29 is 4.79 Å². The van der Waals surface area contributed by atoms with Crippen molar-refractivity contribution >= 4 is 5.91 Å². The number of rotatable bonds is 5. The Kier molecular flexibility index (Phi) is 4.36. The van der Waals surface area contributed by atoms with Gasteiger partial charge in [0.25, 0.3) is 0 Å². The van der Waals surface area contributed by atoms with Gasteiger partial charge in [-0.3, -0.25) is 10.1 Å². The largest absolute Gasteiger partial charge is 0.326 e. The summed E-state index contributed by atoms with van der Waals surface area (Å²) in [5.74, 6) is 0.991. The lowest BCUT2D eigenvalue weighted by atomic mass is 9.99. The fourth-order valence-electron chi connectivity index (χ4n) is 2.31. The first kappa shape index (κ1) is 13.5. The number of hydrogen-bond acceptors (Lipinski definition) is 2. The van der Waals surface area contributed by atoms with E-state index in [-0.39, 0.29) is 17.6 Å². The van der Waals surface area contributed by atoms with Crippen LogP contribution < -0.4 is 5.32 Å². The van der Waals surface area contributed by atoms with E-state index in [1.165, 1.54) is 6.42 Å². The van der Waals surface area contributed by atoms with Crippen molar-refractivity contribution in [3.63, 3.8) is 0 Å². The molecule has 0 aliphatic carbocycles. The summed E-state index contributed by atoms with van der Waals surface area (Å²) in [7, 11) is 0. The van der Waals surface area contributed by atoms with E-state index in [2.05, 4.69) is 33.0 Å². The number of hydrogen-bond donors (Lipinski definition) is 1. The zero-order chi connectivity index (χ0) is 12.3. The van der Waals surface area contributed by atoms with Gasteiger partial charge in [0, 0.05) is 6.54 Å². The van der Waals surface area contributed by atoms with Crippen LogP contribution in [0.15, 0.2) is 0 Å². The molecule has 1 heterocycles. The van der Waals surface area contributed by atoms with Gasteiger partial charge in [0.15, 0.2) is 0 Å². The van der Waals surface area contributed by atoms with Crippen molar-refractivity contribution in [1.82, 2.24) is 10.2 Å². The van der Waals surface area contributed by atoms with E-state index >= 15 is 0 Å². The van der Waals surface area contributed by atoms with Gasteiger partial charge in [-0.25, -0.2) is 0 Å². The Bertz CT molecular complexity index is 252. The van der Waals surface area contributed by atoms with E-state index < -0.39 is 0 Å². The molecule has 0 radical (unpaired) electrons. The summed E-state index contributed by atoms with van der Waals surface area (Å²) in [5.41, 5.74) is -0.336. The van der Waals surface area contributed by atoms with E-state index in [1.807, 2.05) is 11.8 Å². The van der Waals surface area contributed by atoms with Crippen LogP contribution in [-0.4, -0.2) is 29.1 Å². The maximum atomic E-state index is 12.2. The van der Waals surface area contributed by atoms with E-state index in [1.54, 1.807) is 0 Å². The van der Waals surface area contributed by atoms with Crippen LogP contribution in [0.3, 0.4) is 0 Å². The number of carbonyl (C=O) groups is 1. The van der Waals surface area contributed by atoms with Crippen LogP contribution >= 0.6 is 0 Å². The van der Waals surface area contributed by atoms with Crippen LogP contribution in [0.5, 0.6) is 0 Å². The maximum Gasteiger partial charge on any atom is 0.243 e. The zero-order valence-electron chi connectivity index (χ0n) is 11.3. The first-order valence-corrected chi connectivity index (χ1v) is 6.49. The fourth-order valence-corrected chi connectivity index (χ4v) is 2.31. The highest BCUT2D eigenvalue weighted by Gasteiger charge is 2.44. The van der Waals surface area contributed by atoms with Crippen molar-refractivity contribution in [2.24, 2.45) is 5.92 Å². The molecule has 2 unspecified atom stereocenters. The lowest BCUT2D eigenvalue weighted by Gasteiger charge is -2.22. The van der Waals surface area contributed by atoms with Crippen molar-refractivity contribution in [1.29, 1.82) is 0 Å². The summed E-state index contributed by atoms with van der Waals surface area (Å²) in [5, 5.41) is 3.39. The van der Waals surface area contributed by atoms with E-state index in [9.17, 15) is 4.79 Å². The van der Waals surface area contributed by atoms with Gasteiger partial charge in [0.05, 0.1) is 11.7 Å². The highest BCUT2D eigenvalue weighted by atomic mass is 16.2. The normalized spacial score (nSPS) is 30.5. The number of nitrogens with zero attached hydrogens (tertiary/aromatic N) is 1. The average molecular weight is 226 g/mol. The van der Waals surface area contributed by atoms with Crippen LogP contribution in [-0.2, 0) is 4.79 Å². The molecule has 1 amide bonds. The smallest absolute Gasteiger partial charge is 0.243 e. The molecule has 0 bridgehead atoms. The van der Waals surface area contributed by atoms with Gasteiger partial charge in [-0.15, -0.1) is 0 Å². The molecule has 3 nitrogen and oxygen atoms in total. The summed E-state index contributed by atoms with van der Waals surface area (Å²) in [6, 6.07) is 0. The Morgan fingerprint density at radius 2 is 2.12 bits per heavy atom. The molecule has 94 valence electrons. The SMILES string of the molecule is CCC1(C)NC(C)N(CCCC(C)C)C1=O. The third-order valence-electron chi connectivity index (χ3n) is 3.62. The van der Waals surface area contributed by atoms with Crippen molar-refractivity contribution in [2.75, 3.05) is 6.54 Å². The average Bonchev–Trinajstić information content (AvgIpc) is 2.42. The van der Waals surface area contributed by atoms with Gasteiger partial charge in [0.1, 0.15) is 0 Å². The summed E-state index contributed by atoms with van der Waals surface area (Å²) in [6.45, 7) is 11.5. The lowest BCUT2D eigenvalue weighted by molar-refractivity contribution is -0.132. The summed E-state index contributed by atoms with van der Waals surface area (Å²) in [4.78, 5) is 14.2. The van der Waals surface area contributed by atoms with Crippen molar-refractivity contribution in [3.8, 4) is 0 Å². The van der Waals surface area contributed by atoms with Gasteiger partial charge in [0.2, 0.25) is 5.91 Å². The predicted octanol–water partition coefficient (Wildman–Crippen LogP) is 2.37. The molecule has 1 N–H and O–H groups in total. The second-order valence-electron chi connectivity index (χ2n) is 5.54. The molecule has 0 aromatic carbocycles. The van der Waals surface area contributed by atoms with Crippen LogP contribution in [0.2, 0.25) is 0 Å². The monoisotopic (exact) mass is 226 g/mol. The van der Waals surface area contributed by atoms with Gasteiger partial charge in [-0.1, -0.05) is 20.8 Å². The van der Waals surface area contributed by atoms with Crippen LogP contribution in [0.1, 0.15) is 53.9 Å². The molecule has 0 aromatic heterocycles. The molecular formula is C13H26N2O. The van der Waals surface area contributed by atoms with E-state index in [0.29, 0.717) is 0 Å². The zero-order valence-corrected chi connectivity index (χ0v) is 11.3. The minimum absolute atomic E-state index is 0.185. The molecule has 0 spiro atoms. The maximum absolute atomic E-state index is 12.2. The van der Waals surface area contributed by atoms with Crippen LogP contribution in [0.25, 0.3) is 0 Å². The number of carbonyl (C=O) groups excluding carboxylic acids is 1. The lowest BCUT2D eigenvalue weighted by Crippen LogP contribution is -2.43. The molecule has 1 aliphatic rings. The minimum Gasteiger partial charge on any atom is -0.326 e. The highest BCUT2D eigenvalue weighted by molar-refractivity contribution is 5.88. The van der Waals surface area contributed by atoms with Crippen molar-refractivity contribution in [3.05, 3.63) is 0 Å². The highest BCUT2D eigenvalue weighted by Crippen LogP contribution is 2.23. The molecule has 16 heavy (non-hydrogen) atoms. The Hall–Kier alpha value is -0.570. The molecule has 1 rings (SSSR count). The molecule has 1 fully saturated rings. The number of nitrogens with one attached hydrogen (secondary N) is 1. The Morgan fingerprint density at radius 1 is 1.50 bits per heavy atom. The molecule has 1 aliphatic heterocycles. The second-order valence-corrected chi connectivity index (χ2v) is 5.54. The molecule has 3 heteroatoms. The molecule has 2 atom stereocenters. The molecule has 1 saturated heterocycles. The molecule has 0 saturated carbocycles. The standard InChI is InChI=1S/C13H26N2O/c1-6-13(5)12(16)15(11(4)14-13)9-7-8-10(2)3/h10-11,14H,6-9H2,1-5H3. The first-order chi connectivity index (χ1) is 7.40. The summed E-state index contributed by atoms with van der Waals surface area (Å²) >= 11 is 0. The third-order valence-corrected chi connectivity index (χ3v) is 3.62. The minimum atomic E-state index is -0.336. The van der Waals surface area contributed by atoms with Crippen molar-refractivity contribution in [2.45, 2.75) is 65.6 Å². The van der Waals surface area contributed by atoms with E-state index in [0.717, 1.165) is 25.3 Å². The Labute approximate surface area is 99.6 Å². The van der Waals surface area contributed by atoms with Crippen LogP contribution in [0, 0.1) is 5.92 Å². The molecule has 0 aromatic rings. The summed E-state index contributed by atoms with van der Waals surface area (Å²) < 4.78 is 0. The summed E-state index contributed by atoms with van der Waals surface area (Å²) in [6.07, 6.45) is 3.34. The van der Waals surface area contributed by atoms with Gasteiger partial charge < -0.3 is 4.90 Å². The first-order valence-electron chi connectivity index (χ1n) is 6.49. The fraction of sp³-hybridized carbons (Fsp3) is 0.923. The van der Waals surface area contributed by atoms with E-state index in [4.69, 9.17) is 0 Å². The van der Waals surface area contributed by atoms with Gasteiger partial charge in [-0.05, 0) is 39.0 Å². The van der Waals surface area contributed by atoms with Gasteiger partial charge >= 0.3 is 0 Å². The van der Waals surface area contributed by atoms with Crippen LogP contribution in [0.4, 0.5) is 0 Å². The topological polar surface area (TPSA) is 32.3 Å². The second kappa shape index (κ2) is 5.17. The molecular weight excluding hydrogens is 200 g/mol. The predicted molar refractivity (Wildman–Crippen MR) is 67.1 cm³/mol. The number of amides is 1. The quantitative estimate of drug-likeness (QED) is 0.780. The Morgan fingerprint density at radius 3 is 2.56 bits per heavy atom. The Balaban J connectivity index is 2.51.